The fourth-order valence-corrected chi connectivity index (χ4v) is 6.43. The third-order valence-corrected chi connectivity index (χ3v) is 9.28. The number of nitrogens with zero attached hydrogens (tertiary/aromatic N) is 6. The predicted octanol–water partition coefficient (Wildman–Crippen LogP) is 9.25. The molecule has 13 heteroatoms. The van der Waals surface area contributed by atoms with Crippen molar-refractivity contribution in [2.45, 2.75) is 51.1 Å². The van der Waals surface area contributed by atoms with E-state index in [0.29, 0.717) is 41.7 Å². The summed E-state index contributed by atoms with van der Waals surface area (Å²) in [7, 11) is 0. The van der Waals surface area contributed by atoms with Crippen LogP contribution in [-0.2, 0) is 13.1 Å². The summed E-state index contributed by atoms with van der Waals surface area (Å²) in [4.78, 5) is 9.39. The van der Waals surface area contributed by atoms with E-state index < -0.39 is 0 Å². The molecule has 1 saturated carbocycles. The molecule has 0 saturated heterocycles. The van der Waals surface area contributed by atoms with E-state index in [9.17, 15) is 4.39 Å². The van der Waals surface area contributed by atoms with Crippen molar-refractivity contribution in [2.24, 2.45) is 0 Å². The van der Waals surface area contributed by atoms with Crippen LogP contribution in [0.25, 0.3) is 22.6 Å². The van der Waals surface area contributed by atoms with Gasteiger partial charge in [0.25, 0.3) is 0 Å². The zero-order valence-electron chi connectivity index (χ0n) is 25.2. The second-order valence-corrected chi connectivity index (χ2v) is 13.0. The molecule has 0 radical (unpaired) electrons. The van der Waals surface area contributed by atoms with Crippen LogP contribution in [0.2, 0.25) is 0 Å². The summed E-state index contributed by atoms with van der Waals surface area (Å²) < 4.78 is 29.5. The molecule has 0 atom stereocenters. The number of fused-ring (bicyclic) bond motifs is 2. The Morgan fingerprint density at radius 3 is 1.96 bits per heavy atom. The van der Waals surface area contributed by atoms with Gasteiger partial charge in [0.2, 0.25) is 0 Å². The highest BCUT2D eigenvalue weighted by Crippen LogP contribution is 2.34. The van der Waals surface area contributed by atoms with Gasteiger partial charge in [0.15, 0.2) is 11.3 Å². The number of hydrogen-bond donors (Lipinski definition) is 2. The van der Waals surface area contributed by atoms with Crippen LogP contribution >= 0.6 is 31.9 Å². The molecule has 1 aliphatic carbocycles. The summed E-state index contributed by atoms with van der Waals surface area (Å²) >= 11 is 6.99. The van der Waals surface area contributed by atoms with Gasteiger partial charge in [-0.1, -0.05) is 31.4 Å². The molecule has 8 rings (SSSR count). The van der Waals surface area contributed by atoms with E-state index in [-0.39, 0.29) is 5.82 Å². The second kappa shape index (κ2) is 14.1. The summed E-state index contributed by atoms with van der Waals surface area (Å²) in [5, 5.41) is 15.5. The Hall–Kier alpha value is -4.49. The lowest BCUT2D eigenvalue weighted by molar-refractivity contribution is 0.437. The fraction of sp³-hybridized carbons (Fsp3) is 0.235. The van der Waals surface area contributed by atoms with Gasteiger partial charge in [-0.3, -0.25) is 0 Å². The van der Waals surface area contributed by atoms with E-state index in [1.165, 1.54) is 43.9 Å². The maximum Gasteiger partial charge on any atom is 0.172 e. The van der Waals surface area contributed by atoms with Crippen molar-refractivity contribution >= 4 is 54.8 Å². The van der Waals surface area contributed by atoms with Crippen LogP contribution in [0, 0.1) is 5.82 Å². The van der Waals surface area contributed by atoms with E-state index >= 15 is 0 Å². The van der Waals surface area contributed by atoms with Crippen LogP contribution < -0.4 is 10.6 Å². The Labute approximate surface area is 286 Å². The largest absolute Gasteiger partial charge is 0.472 e. The van der Waals surface area contributed by atoms with Crippen LogP contribution in [0.5, 0.6) is 0 Å². The molecule has 6 heterocycles. The van der Waals surface area contributed by atoms with Gasteiger partial charge in [0.05, 0.1) is 52.1 Å². The van der Waals surface area contributed by atoms with E-state index in [1.807, 2.05) is 16.6 Å². The maximum atomic E-state index is 14.1. The van der Waals surface area contributed by atoms with Gasteiger partial charge in [-0.05, 0) is 69.0 Å². The third-order valence-electron chi connectivity index (χ3n) is 8.16. The average Bonchev–Trinajstić information content (AvgIpc) is 3.93. The SMILES string of the molecule is Brc1cnn2c(NCc3ccoc3)cc(C3CCCCC3)nc12.Fc1ccccc1-c1cc(NCc2ccoc2)n2ncc(Br)c2n1. The standard InChI is InChI=1S/C17H12BrFN4O.C17H19BrN4O/c18-13-9-21-23-16(20-8-11-5-6-24-10-11)7-15(22-17(13)23)12-3-1-2-4-14(12)19;18-14-10-20-22-16(19-9-12-6-7-23-11-12)8-15(21-17(14)22)13-4-2-1-3-5-13/h1-7,9-10,20H,8H2;6-8,10-11,13,19H,1-5,9H2. The van der Waals surface area contributed by atoms with Crippen molar-refractivity contribution in [2.75, 3.05) is 10.6 Å². The average molecular weight is 762 g/mol. The number of benzene rings is 1. The molecule has 0 amide bonds. The molecule has 47 heavy (non-hydrogen) atoms. The summed E-state index contributed by atoms with van der Waals surface area (Å²) in [5.41, 5.74) is 5.76. The van der Waals surface area contributed by atoms with E-state index in [1.54, 1.807) is 66.2 Å². The molecule has 1 aliphatic rings. The molecule has 7 aromatic rings. The predicted molar refractivity (Wildman–Crippen MR) is 185 cm³/mol. The number of nitrogens with one attached hydrogen (secondary N) is 2. The van der Waals surface area contributed by atoms with Gasteiger partial charge >= 0.3 is 0 Å². The van der Waals surface area contributed by atoms with Gasteiger partial charge in [0.1, 0.15) is 17.5 Å². The van der Waals surface area contributed by atoms with Gasteiger partial charge in [-0.25, -0.2) is 14.4 Å². The summed E-state index contributed by atoms with van der Waals surface area (Å²) in [5.74, 6) is 1.93. The van der Waals surface area contributed by atoms with Crippen LogP contribution in [-0.4, -0.2) is 29.2 Å². The van der Waals surface area contributed by atoms with Crippen LogP contribution in [0.3, 0.4) is 0 Å². The van der Waals surface area contributed by atoms with Crippen molar-refractivity contribution in [3.63, 3.8) is 0 Å². The molecule has 0 spiro atoms. The molecule has 6 aromatic heterocycles. The lowest BCUT2D eigenvalue weighted by Gasteiger charge is -2.22. The van der Waals surface area contributed by atoms with Gasteiger partial charge in [-0.15, -0.1) is 0 Å². The fourth-order valence-electron chi connectivity index (χ4n) is 5.73. The maximum absolute atomic E-state index is 14.1. The van der Waals surface area contributed by atoms with E-state index in [4.69, 9.17) is 13.8 Å². The summed E-state index contributed by atoms with van der Waals surface area (Å²) in [6.07, 6.45) is 16.6. The van der Waals surface area contributed by atoms with Gasteiger partial charge in [0, 0.05) is 53.5 Å². The summed E-state index contributed by atoms with van der Waals surface area (Å²) in [6, 6.07) is 14.4. The number of anilines is 2. The van der Waals surface area contributed by atoms with E-state index in [0.717, 1.165) is 31.5 Å². The minimum Gasteiger partial charge on any atom is -0.472 e. The minimum atomic E-state index is -0.314. The third kappa shape index (κ3) is 6.96. The van der Waals surface area contributed by atoms with Crippen molar-refractivity contribution in [3.8, 4) is 11.3 Å². The molecule has 0 unspecified atom stereocenters. The van der Waals surface area contributed by atoms with Crippen molar-refractivity contribution < 1.29 is 13.2 Å². The van der Waals surface area contributed by atoms with Gasteiger partial charge in [-0.2, -0.15) is 19.2 Å². The zero-order chi connectivity index (χ0) is 32.2. The molecule has 0 aliphatic heterocycles. The number of halogens is 3. The number of hydrogen-bond acceptors (Lipinski definition) is 8. The first-order valence-electron chi connectivity index (χ1n) is 15.4. The zero-order valence-corrected chi connectivity index (χ0v) is 28.4. The second-order valence-electron chi connectivity index (χ2n) is 11.3. The summed E-state index contributed by atoms with van der Waals surface area (Å²) in [6.45, 7) is 1.26. The van der Waals surface area contributed by atoms with Crippen molar-refractivity contribution in [1.82, 2.24) is 29.2 Å². The van der Waals surface area contributed by atoms with Crippen LogP contribution in [0.15, 0.2) is 104 Å². The highest BCUT2D eigenvalue weighted by molar-refractivity contribution is 9.11. The lowest BCUT2D eigenvalue weighted by Crippen LogP contribution is -2.11. The van der Waals surface area contributed by atoms with Gasteiger partial charge < -0.3 is 19.5 Å². The smallest absolute Gasteiger partial charge is 0.172 e. The first-order valence-corrected chi connectivity index (χ1v) is 17.0. The molecule has 1 aromatic carbocycles. The number of furan rings is 2. The first-order chi connectivity index (χ1) is 23.0. The normalized spacial score (nSPS) is 13.5. The Balaban J connectivity index is 0.000000150. The monoisotopic (exact) mass is 760 g/mol. The molecule has 1 fully saturated rings. The van der Waals surface area contributed by atoms with Crippen LogP contribution in [0.4, 0.5) is 16.0 Å². The molecular weight excluding hydrogens is 731 g/mol. The number of aromatic nitrogens is 6. The lowest BCUT2D eigenvalue weighted by atomic mass is 9.87. The van der Waals surface area contributed by atoms with E-state index in [2.05, 4.69) is 63.7 Å². The highest BCUT2D eigenvalue weighted by atomic mass is 79.9. The Bertz CT molecular complexity index is 2090. The Morgan fingerprint density at radius 1 is 0.766 bits per heavy atom. The topological polar surface area (TPSA) is 111 Å². The molecule has 2 N–H and O–H groups in total. The minimum absolute atomic E-state index is 0.314. The quantitative estimate of drug-likeness (QED) is 0.158. The van der Waals surface area contributed by atoms with Crippen molar-refractivity contribution in [1.29, 1.82) is 0 Å². The molecule has 10 nitrogen and oxygen atoms in total. The first kappa shape index (κ1) is 31.1. The number of rotatable bonds is 8. The molecule has 240 valence electrons. The molecule has 0 bridgehead atoms. The Morgan fingerprint density at radius 2 is 1.36 bits per heavy atom. The van der Waals surface area contributed by atoms with Crippen LogP contribution in [0.1, 0.15) is 54.8 Å². The highest BCUT2D eigenvalue weighted by Gasteiger charge is 2.20. The van der Waals surface area contributed by atoms with Crippen molar-refractivity contribution in [3.05, 3.63) is 118 Å². The Kier molecular flexibility index (Phi) is 9.34. The molecular formula is C34H31Br2FN8O2.